The molecule has 132 valence electrons. The van der Waals surface area contributed by atoms with Crippen molar-refractivity contribution in [1.29, 1.82) is 0 Å². The van der Waals surface area contributed by atoms with Gasteiger partial charge in [0, 0.05) is 13.1 Å². The topological polar surface area (TPSA) is 98.1 Å². The minimum Gasteiger partial charge on any atom is -0.481 e. The normalized spacial score (nSPS) is 29.3. The predicted octanol–water partition coefficient (Wildman–Crippen LogP) is 2.87. The van der Waals surface area contributed by atoms with Gasteiger partial charge < -0.3 is 15.4 Å². The first-order valence-corrected chi connectivity index (χ1v) is 8.09. The molecular formula is C17H29NO5. The molecule has 0 aromatic rings. The second-order valence-electron chi connectivity index (χ2n) is 7.60. The molecule has 2 rings (SSSR count). The van der Waals surface area contributed by atoms with Gasteiger partial charge in [-0.2, -0.15) is 5.06 Å². The Labute approximate surface area is 137 Å². The standard InChI is InChI=1S/C12H18O4.C5H11NO/c1-11(2)6-5-7(9(13)14)12(3,4)8(11)10(15)16;7-6-4-2-1-3-5-6/h5-8H,1-4H3,(H,13,14)(H,15,16);7H,1-5H2. The molecule has 0 amide bonds. The maximum atomic E-state index is 11.3. The summed E-state index contributed by atoms with van der Waals surface area (Å²) in [4.78, 5) is 22.4. The van der Waals surface area contributed by atoms with Gasteiger partial charge in [0.25, 0.3) is 0 Å². The molecule has 1 heterocycles. The summed E-state index contributed by atoms with van der Waals surface area (Å²) in [5, 5.41) is 28.5. The maximum absolute atomic E-state index is 11.3. The molecule has 2 unspecified atom stereocenters. The summed E-state index contributed by atoms with van der Waals surface area (Å²) < 4.78 is 0. The van der Waals surface area contributed by atoms with E-state index in [2.05, 4.69) is 0 Å². The first kappa shape index (κ1) is 19.6. The maximum Gasteiger partial charge on any atom is 0.310 e. The number of carboxylic acids is 2. The van der Waals surface area contributed by atoms with E-state index in [-0.39, 0.29) is 0 Å². The van der Waals surface area contributed by atoms with Crippen molar-refractivity contribution in [1.82, 2.24) is 5.06 Å². The highest BCUT2D eigenvalue weighted by atomic mass is 16.5. The fourth-order valence-corrected chi connectivity index (χ4v) is 3.74. The Hall–Kier alpha value is -1.40. The van der Waals surface area contributed by atoms with E-state index >= 15 is 0 Å². The van der Waals surface area contributed by atoms with Crippen LogP contribution < -0.4 is 0 Å². The van der Waals surface area contributed by atoms with E-state index in [9.17, 15) is 14.7 Å². The van der Waals surface area contributed by atoms with E-state index in [1.54, 1.807) is 26.0 Å². The first-order chi connectivity index (χ1) is 10.5. The van der Waals surface area contributed by atoms with E-state index < -0.39 is 34.6 Å². The van der Waals surface area contributed by atoms with E-state index in [1.165, 1.54) is 11.5 Å². The average Bonchev–Trinajstić information content (AvgIpc) is 2.37. The molecule has 0 radical (unpaired) electrons. The van der Waals surface area contributed by atoms with Gasteiger partial charge in [-0.15, -0.1) is 0 Å². The van der Waals surface area contributed by atoms with Crippen LogP contribution in [0.4, 0.5) is 0 Å². The zero-order valence-corrected chi connectivity index (χ0v) is 14.5. The van der Waals surface area contributed by atoms with Crippen molar-refractivity contribution in [2.75, 3.05) is 13.1 Å². The lowest BCUT2D eigenvalue weighted by Gasteiger charge is -2.46. The molecule has 1 aliphatic heterocycles. The molecule has 6 heteroatoms. The fraction of sp³-hybridized carbons (Fsp3) is 0.765. The molecule has 0 bridgehead atoms. The number of hydrogen-bond donors (Lipinski definition) is 3. The molecule has 0 spiro atoms. The Bertz CT molecular complexity index is 464. The van der Waals surface area contributed by atoms with E-state index in [4.69, 9.17) is 10.3 Å². The average molecular weight is 327 g/mol. The molecule has 1 saturated heterocycles. The van der Waals surface area contributed by atoms with Crippen molar-refractivity contribution in [2.24, 2.45) is 22.7 Å². The number of allylic oxidation sites excluding steroid dienone is 1. The monoisotopic (exact) mass is 327 g/mol. The zero-order valence-electron chi connectivity index (χ0n) is 14.5. The van der Waals surface area contributed by atoms with E-state index in [1.807, 2.05) is 13.8 Å². The van der Waals surface area contributed by atoms with Crippen molar-refractivity contribution in [2.45, 2.75) is 47.0 Å². The van der Waals surface area contributed by atoms with Crippen LogP contribution in [-0.2, 0) is 9.59 Å². The number of aliphatic carboxylic acids is 2. The lowest BCUT2D eigenvalue weighted by Crippen LogP contribution is -2.49. The SMILES string of the molecule is CC1(C)C=CC(C(=O)O)C(C)(C)C1C(=O)O.ON1CCCCC1. The molecule has 23 heavy (non-hydrogen) atoms. The van der Waals surface area contributed by atoms with Gasteiger partial charge in [0.2, 0.25) is 0 Å². The highest BCUT2D eigenvalue weighted by Gasteiger charge is 2.52. The molecule has 2 atom stereocenters. The largest absolute Gasteiger partial charge is 0.481 e. The van der Waals surface area contributed by atoms with Crippen LogP contribution >= 0.6 is 0 Å². The Morgan fingerprint density at radius 1 is 1.00 bits per heavy atom. The lowest BCUT2D eigenvalue weighted by molar-refractivity contribution is -0.158. The van der Waals surface area contributed by atoms with Gasteiger partial charge in [0.1, 0.15) is 0 Å². The molecule has 0 aromatic carbocycles. The second-order valence-corrected chi connectivity index (χ2v) is 7.60. The third-order valence-electron chi connectivity index (χ3n) is 4.85. The summed E-state index contributed by atoms with van der Waals surface area (Å²) in [7, 11) is 0. The molecule has 0 saturated carbocycles. The zero-order chi connectivity index (χ0) is 17.8. The van der Waals surface area contributed by atoms with Gasteiger partial charge >= 0.3 is 11.9 Å². The second kappa shape index (κ2) is 7.45. The minimum absolute atomic E-state index is 0.527. The fourth-order valence-electron chi connectivity index (χ4n) is 3.74. The van der Waals surface area contributed by atoms with Gasteiger partial charge in [0.15, 0.2) is 0 Å². The van der Waals surface area contributed by atoms with Crippen LogP contribution in [0, 0.1) is 22.7 Å². The third-order valence-corrected chi connectivity index (χ3v) is 4.85. The van der Waals surface area contributed by atoms with Gasteiger partial charge in [-0.05, 0) is 23.7 Å². The summed E-state index contributed by atoms with van der Waals surface area (Å²) in [5.41, 5.74) is -1.32. The summed E-state index contributed by atoms with van der Waals surface area (Å²) in [6, 6.07) is 0. The summed E-state index contributed by atoms with van der Waals surface area (Å²) in [6.07, 6.45) is 6.93. The summed E-state index contributed by atoms with van der Waals surface area (Å²) in [6.45, 7) is 8.80. The Kier molecular flexibility index (Phi) is 6.36. The Morgan fingerprint density at radius 2 is 1.52 bits per heavy atom. The van der Waals surface area contributed by atoms with Crippen LogP contribution in [0.3, 0.4) is 0 Å². The van der Waals surface area contributed by atoms with Crippen LogP contribution in [0.25, 0.3) is 0 Å². The molecule has 0 aromatic heterocycles. The van der Waals surface area contributed by atoms with Gasteiger partial charge in [-0.1, -0.05) is 46.3 Å². The van der Waals surface area contributed by atoms with Crippen LogP contribution in [0.15, 0.2) is 12.2 Å². The molecule has 1 fully saturated rings. The van der Waals surface area contributed by atoms with Gasteiger partial charge in [0.05, 0.1) is 11.8 Å². The van der Waals surface area contributed by atoms with Gasteiger partial charge in [-0.3, -0.25) is 9.59 Å². The third kappa shape index (κ3) is 4.78. The van der Waals surface area contributed by atoms with Crippen molar-refractivity contribution >= 4 is 11.9 Å². The number of carboxylic acid groups (broad SMARTS) is 2. The number of carbonyl (C=O) groups is 2. The van der Waals surface area contributed by atoms with Crippen molar-refractivity contribution in [3.63, 3.8) is 0 Å². The van der Waals surface area contributed by atoms with Crippen LogP contribution in [-0.4, -0.2) is 45.5 Å². The van der Waals surface area contributed by atoms with Crippen molar-refractivity contribution in [3.8, 4) is 0 Å². The molecule has 3 N–H and O–H groups in total. The quantitative estimate of drug-likeness (QED) is 0.675. The van der Waals surface area contributed by atoms with Crippen LogP contribution in [0.1, 0.15) is 47.0 Å². The minimum atomic E-state index is -0.969. The predicted molar refractivity (Wildman–Crippen MR) is 86.2 cm³/mol. The highest BCUT2D eigenvalue weighted by Crippen LogP contribution is 2.50. The summed E-state index contributed by atoms with van der Waals surface area (Å²) in [5.74, 6) is -3.36. The van der Waals surface area contributed by atoms with Gasteiger partial charge in [-0.25, -0.2) is 0 Å². The smallest absolute Gasteiger partial charge is 0.310 e. The molecule has 2 aliphatic rings. The molecule has 1 aliphatic carbocycles. The van der Waals surface area contributed by atoms with E-state index in [0.29, 0.717) is 0 Å². The van der Waals surface area contributed by atoms with Crippen molar-refractivity contribution < 1.29 is 25.0 Å². The van der Waals surface area contributed by atoms with Crippen LogP contribution in [0.5, 0.6) is 0 Å². The Morgan fingerprint density at radius 3 is 1.87 bits per heavy atom. The van der Waals surface area contributed by atoms with Crippen molar-refractivity contribution in [3.05, 3.63) is 12.2 Å². The van der Waals surface area contributed by atoms with Crippen LogP contribution in [0.2, 0.25) is 0 Å². The van der Waals surface area contributed by atoms with E-state index in [0.717, 1.165) is 25.9 Å². The Balaban J connectivity index is 0.000000313. The number of piperidine rings is 1. The number of rotatable bonds is 2. The molecular weight excluding hydrogens is 298 g/mol. The number of nitrogens with zero attached hydrogens (tertiary/aromatic N) is 1. The number of hydroxylamine groups is 2. The number of hydrogen-bond acceptors (Lipinski definition) is 4. The molecule has 6 nitrogen and oxygen atoms in total. The highest BCUT2D eigenvalue weighted by molar-refractivity contribution is 5.78. The lowest BCUT2D eigenvalue weighted by atomic mass is 9.56. The first-order valence-electron chi connectivity index (χ1n) is 8.09. The summed E-state index contributed by atoms with van der Waals surface area (Å²) >= 11 is 0.